The van der Waals surface area contributed by atoms with E-state index in [1.165, 1.54) is 4.40 Å². The number of imidazole rings is 1. The highest BCUT2D eigenvalue weighted by Crippen LogP contribution is 2.27. The average molecular weight is 276 g/mol. The molecule has 0 N–H and O–H groups in total. The molecule has 3 aromatic rings. The zero-order chi connectivity index (χ0) is 14.5. The van der Waals surface area contributed by atoms with Crippen LogP contribution in [0.2, 0.25) is 0 Å². The first-order valence-corrected chi connectivity index (χ1v) is 6.33. The summed E-state index contributed by atoms with van der Waals surface area (Å²) in [6, 6.07) is 6.91. The summed E-state index contributed by atoms with van der Waals surface area (Å²) in [5, 5.41) is 1.07. The molecule has 1 aromatic carbocycles. The molecule has 0 aliphatic heterocycles. The second-order valence-corrected chi connectivity index (χ2v) is 5.18. The first-order valence-electron chi connectivity index (χ1n) is 6.33. The highest BCUT2D eigenvalue weighted by Gasteiger charge is 2.26. The Morgan fingerprint density at radius 1 is 1.15 bits per heavy atom. The average Bonchev–Trinajstić information content (AvgIpc) is 2.76. The van der Waals surface area contributed by atoms with Crippen LogP contribution in [0.4, 0.5) is 8.78 Å². The normalized spacial score (nSPS) is 12.4. The van der Waals surface area contributed by atoms with Gasteiger partial charge in [0.05, 0.1) is 0 Å². The molecule has 0 saturated carbocycles. The monoisotopic (exact) mass is 276 g/mol. The molecule has 0 bridgehead atoms. The van der Waals surface area contributed by atoms with E-state index in [0.29, 0.717) is 22.0 Å². The molecule has 0 amide bonds. The smallest absolute Gasteiger partial charge is 0.264 e. The molecule has 0 unspecified atom stereocenters. The van der Waals surface area contributed by atoms with E-state index in [1.807, 2.05) is 0 Å². The number of halogens is 2. The van der Waals surface area contributed by atoms with E-state index in [4.69, 9.17) is 0 Å². The van der Waals surface area contributed by atoms with Crippen LogP contribution in [0.1, 0.15) is 12.5 Å². The van der Waals surface area contributed by atoms with Crippen molar-refractivity contribution in [3.8, 4) is 0 Å². The lowest BCUT2D eigenvalue weighted by Crippen LogP contribution is -2.20. The highest BCUT2D eigenvalue weighted by molar-refractivity contribution is 5.89. The summed E-state index contributed by atoms with van der Waals surface area (Å²) in [6.07, 6.45) is 2.92. The summed E-state index contributed by atoms with van der Waals surface area (Å²) in [5.41, 5.74) is 0.842. The summed E-state index contributed by atoms with van der Waals surface area (Å²) in [5.74, 6) is -2.83. The molecule has 0 spiro atoms. The van der Waals surface area contributed by atoms with Crippen molar-refractivity contribution >= 4 is 16.4 Å². The van der Waals surface area contributed by atoms with Gasteiger partial charge in [-0.25, -0.2) is 8.78 Å². The number of hydrogen-bond donors (Lipinski definition) is 0. The van der Waals surface area contributed by atoms with Crippen molar-refractivity contribution in [3.05, 3.63) is 52.6 Å². The number of benzene rings is 1. The van der Waals surface area contributed by atoms with Crippen molar-refractivity contribution in [1.82, 2.24) is 8.97 Å². The molecule has 5 heteroatoms. The van der Waals surface area contributed by atoms with Gasteiger partial charge in [-0.2, -0.15) is 0 Å². The SMILES string of the molecule is Cn1ccn2c(=O)c3ccccc3c(CC(C)(F)F)c12. The Balaban J connectivity index is 2.52. The lowest BCUT2D eigenvalue weighted by atomic mass is 10.0. The molecule has 0 aliphatic carbocycles. The zero-order valence-corrected chi connectivity index (χ0v) is 11.2. The van der Waals surface area contributed by atoms with E-state index >= 15 is 0 Å². The van der Waals surface area contributed by atoms with Crippen LogP contribution in [-0.4, -0.2) is 14.9 Å². The minimum Gasteiger partial charge on any atom is -0.335 e. The van der Waals surface area contributed by atoms with Gasteiger partial charge in [0.15, 0.2) is 0 Å². The first kappa shape index (κ1) is 12.8. The van der Waals surface area contributed by atoms with Gasteiger partial charge in [-0.1, -0.05) is 18.2 Å². The van der Waals surface area contributed by atoms with Crippen LogP contribution >= 0.6 is 0 Å². The van der Waals surface area contributed by atoms with E-state index in [2.05, 4.69) is 0 Å². The molecule has 0 fully saturated rings. The number of alkyl halides is 2. The fraction of sp³-hybridized carbons (Fsp3) is 0.267. The lowest BCUT2D eigenvalue weighted by molar-refractivity contribution is 0.0231. The number of hydrogen-bond acceptors (Lipinski definition) is 1. The van der Waals surface area contributed by atoms with Crippen LogP contribution in [0.3, 0.4) is 0 Å². The second-order valence-electron chi connectivity index (χ2n) is 5.18. The summed E-state index contributed by atoms with van der Waals surface area (Å²) in [4.78, 5) is 12.4. The van der Waals surface area contributed by atoms with Crippen LogP contribution in [0.15, 0.2) is 41.5 Å². The number of rotatable bonds is 2. The number of aromatic nitrogens is 2. The van der Waals surface area contributed by atoms with E-state index in [-0.39, 0.29) is 5.56 Å². The van der Waals surface area contributed by atoms with Gasteiger partial charge in [0.1, 0.15) is 5.65 Å². The van der Waals surface area contributed by atoms with Gasteiger partial charge in [-0.05, 0) is 18.4 Å². The Morgan fingerprint density at radius 2 is 1.80 bits per heavy atom. The number of pyridine rings is 1. The lowest BCUT2D eigenvalue weighted by Gasteiger charge is -2.15. The Kier molecular flexibility index (Phi) is 2.67. The molecule has 2 heterocycles. The van der Waals surface area contributed by atoms with Crippen molar-refractivity contribution in [2.24, 2.45) is 7.05 Å². The minimum atomic E-state index is -2.83. The van der Waals surface area contributed by atoms with Gasteiger partial charge >= 0.3 is 0 Å². The second kappa shape index (κ2) is 4.16. The third-order valence-electron chi connectivity index (χ3n) is 3.46. The van der Waals surface area contributed by atoms with Gasteiger partial charge < -0.3 is 4.57 Å². The fourth-order valence-corrected chi connectivity index (χ4v) is 2.67. The molecule has 104 valence electrons. The summed E-state index contributed by atoms with van der Waals surface area (Å²) in [6.45, 7) is 0.895. The van der Waals surface area contributed by atoms with Gasteiger partial charge in [0, 0.05) is 36.8 Å². The number of nitrogens with zero attached hydrogens (tertiary/aromatic N) is 2. The maximum Gasteiger partial charge on any atom is 0.264 e. The third kappa shape index (κ3) is 1.90. The molecular weight excluding hydrogens is 262 g/mol. The highest BCUT2D eigenvalue weighted by atomic mass is 19.3. The van der Waals surface area contributed by atoms with Crippen LogP contribution < -0.4 is 5.56 Å². The number of aryl methyl sites for hydroxylation is 1. The van der Waals surface area contributed by atoms with Gasteiger partial charge in [0.25, 0.3) is 5.56 Å². The van der Waals surface area contributed by atoms with Crippen LogP contribution in [0.5, 0.6) is 0 Å². The Hall–Kier alpha value is -2.17. The molecule has 3 rings (SSSR count). The molecule has 0 atom stereocenters. The molecule has 0 radical (unpaired) electrons. The molecule has 0 saturated heterocycles. The van der Waals surface area contributed by atoms with E-state index < -0.39 is 12.3 Å². The standard InChI is InChI=1S/C15H14F2N2O/c1-15(16,17)9-12-10-5-3-4-6-11(10)14(20)19-8-7-18(2)13(12)19/h3-8H,9H2,1-2H3. The fourth-order valence-electron chi connectivity index (χ4n) is 2.67. The minimum absolute atomic E-state index is 0.181. The van der Waals surface area contributed by atoms with Crippen LogP contribution in [0, 0.1) is 0 Å². The summed E-state index contributed by atoms with van der Waals surface area (Å²) in [7, 11) is 1.75. The third-order valence-corrected chi connectivity index (χ3v) is 3.46. The predicted octanol–water partition coefficient (Wildman–Crippen LogP) is 2.99. The summed E-state index contributed by atoms with van der Waals surface area (Å²) >= 11 is 0. The van der Waals surface area contributed by atoms with E-state index in [1.54, 1.807) is 48.3 Å². The first-order chi connectivity index (χ1) is 9.38. The van der Waals surface area contributed by atoms with Crippen molar-refractivity contribution in [1.29, 1.82) is 0 Å². The van der Waals surface area contributed by atoms with Crippen LogP contribution in [-0.2, 0) is 13.5 Å². The van der Waals surface area contributed by atoms with Crippen molar-refractivity contribution in [2.75, 3.05) is 0 Å². The van der Waals surface area contributed by atoms with Crippen molar-refractivity contribution in [2.45, 2.75) is 19.3 Å². The zero-order valence-electron chi connectivity index (χ0n) is 11.2. The predicted molar refractivity (Wildman–Crippen MR) is 74.5 cm³/mol. The van der Waals surface area contributed by atoms with Crippen molar-refractivity contribution < 1.29 is 8.78 Å². The van der Waals surface area contributed by atoms with Crippen molar-refractivity contribution in [3.63, 3.8) is 0 Å². The molecule has 20 heavy (non-hydrogen) atoms. The Morgan fingerprint density at radius 3 is 2.45 bits per heavy atom. The maximum atomic E-state index is 13.5. The van der Waals surface area contributed by atoms with Gasteiger partial charge in [0.2, 0.25) is 5.92 Å². The summed E-state index contributed by atoms with van der Waals surface area (Å²) < 4.78 is 30.1. The van der Waals surface area contributed by atoms with E-state index in [9.17, 15) is 13.6 Å². The Labute approximate surface area is 114 Å². The topological polar surface area (TPSA) is 26.4 Å². The largest absolute Gasteiger partial charge is 0.335 e. The van der Waals surface area contributed by atoms with E-state index in [0.717, 1.165) is 6.92 Å². The van der Waals surface area contributed by atoms with Gasteiger partial charge in [-0.3, -0.25) is 9.20 Å². The maximum absolute atomic E-state index is 13.5. The molecule has 2 aromatic heterocycles. The molecule has 3 nitrogen and oxygen atoms in total. The molecular formula is C15H14F2N2O. The Bertz CT molecular complexity index is 856. The molecule has 0 aliphatic rings. The quantitative estimate of drug-likeness (QED) is 0.706. The van der Waals surface area contributed by atoms with Crippen LogP contribution in [0.25, 0.3) is 16.4 Å². The van der Waals surface area contributed by atoms with Gasteiger partial charge in [-0.15, -0.1) is 0 Å². The number of fused-ring (bicyclic) bond motifs is 2.